The van der Waals surface area contributed by atoms with Crippen molar-refractivity contribution in [2.24, 2.45) is 0 Å². The van der Waals surface area contributed by atoms with Gasteiger partial charge in [-0.2, -0.15) is 0 Å². The number of ether oxygens (including phenoxy) is 3. The van der Waals surface area contributed by atoms with Crippen molar-refractivity contribution in [2.75, 3.05) is 45.2 Å². The third-order valence-electron chi connectivity index (χ3n) is 4.77. The van der Waals surface area contributed by atoms with Gasteiger partial charge in [0, 0.05) is 37.0 Å². The lowest BCUT2D eigenvalue weighted by Crippen LogP contribution is -2.13. The van der Waals surface area contributed by atoms with E-state index >= 15 is 0 Å². The lowest BCUT2D eigenvalue weighted by atomic mass is 10.2. The molecule has 1 amide bonds. The monoisotopic (exact) mass is 584 g/mol. The van der Waals surface area contributed by atoms with E-state index in [9.17, 15) is 17.8 Å². The van der Waals surface area contributed by atoms with Crippen molar-refractivity contribution in [3.63, 3.8) is 0 Å². The summed E-state index contributed by atoms with van der Waals surface area (Å²) in [7, 11) is -4.97. The molecule has 0 fully saturated rings. The maximum absolute atomic E-state index is 13.0. The Balaban J connectivity index is 1.75. The van der Waals surface area contributed by atoms with Gasteiger partial charge in [-0.25, -0.2) is 13.4 Å². The topological polar surface area (TPSA) is 139 Å². The largest absolute Gasteiger partial charge is 0.491 e. The third kappa shape index (κ3) is 9.19. The molecule has 38 heavy (non-hydrogen) atoms. The van der Waals surface area contributed by atoms with Crippen LogP contribution < -0.4 is 14.8 Å². The molecule has 1 heterocycles. The molecule has 11 nitrogen and oxygen atoms in total. The van der Waals surface area contributed by atoms with Gasteiger partial charge < -0.3 is 23.3 Å². The van der Waals surface area contributed by atoms with E-state index in [-0.39, 0.29) is 30.3 Å². The molecule has 1 unspecified atom stereocenters. The number of carbonyl (C=O) groups is 1. The van der Waals surface area contributed by atoms with Crippen LogP contribution in [0.2, 0.25) is 0 Å². The van der Waals surface area contributed by atoms with Gasteiger partial charge in [0.1, 0.15) is 23.9 Å². The molecule has 0 saturated heterocycles. The van der Waals surface area contributed by atoms with E-state index in [0.717, 1.165) is 6.26 Å². The summed E-state index contributed by atoms with van der Waals surface area (Å²) in [6.45, 7) is 3.93. The minimum absolute atomic E-state index is 0.0287. The van der Waals surface area contributed by atoms with Crippen molar-refractivity contribution >= 4 is 39.8 Å². The number of aromatic nitrogens is 1. The molecule has 2 aromatic carbocycles. The van der Waals surface area contributed by atoms with Crippen molar-refractivity contribution in [2.45, 2.75) is 18.4 Å². The van der Waals surface area contributed by atoms with Gasteiger partial charge in [-0.3, -0.25) is 14.7 Å². The predicted molar refractivity (Wildman–Crippen MR) is 143 cm³/mol. The quantitative estimate of drug-likeness (QED) is 0.204. The van der Waals surface area contributed by atoms with Gasteiger partial charge >= 0.3 is 7.60 Å². The second-order valence-electron chi connectivity index (χ2n) is 7.94. The lowest BCUT2D eigenvalue weighted by molar-refractivity contribution is 0.102. The Hall–Kier alpha value is -2.80. The minimum atomic E-state index is -3.35. The average molecular weight is 585 g/mol. The second-order valence-corrected chi connectivity index (χ2v) is 12.9. The molecule has 0 radical (unpaired) electrons. The summed E-state index contributed by atoms with van der Waals surface area (Å²) < 4.78 is 62.5. The molecule has 0 aliphatic rings. The summed E-state index contributed by atoms with van der Waals surface area (Å²) in [5.74, 6) is 0.597. The van der Waals surface area contributed by atoms with Crippen LogP contribution >= 0.6 is 18.9 Å². The fourth-order valence-corrected chi connectivity index (χ4v) is 5.26. The zero-order valence-corrected chi connectivity index (χ0v) is 23.9. The van der Waals surface area contributed by atoms with Crippen molar-refractivity contribution in [1.82, 2.24) is 4.98 Å². The SMILES string of the molecule is CCOP(C)(=O)OCc1csc(NC(=O)c2cc(OCCOC)cc(Oc3ccc(S(C)(=O)=O)cc3)c2)n1. The van der Waals surface area contributed by atoms with Gasteiger partial charge in [0.25, 0.3) is 5.91 Å². The molecule has 1 atom stereocenters. The Morgan fingerprint density at radius 1 is 1.05 bits per heavy atom. The number of carbonyl (C=O) groups excluding carboxylic acids is 1. The number of benzene rings is 2. The maximum Gasteiger partial charge on any atom is 0.327 e. The Morgan fingerprint density at radius 2 is 1.76 bits per heavy atom. The zero-order valence-electron chi connectivity index (χ0n) is 21.3. The molecule has 14 heteroatoms. The summed E-state index contributed by atoms with van der Waals surface area (Å²) in [4.78, 5) is 17.5. The van der Waals surface area contributed by atoms with Crippen LogP contribution in [0.3, 0.4) is 0 Å². The van der Waals surface area contributed by atoms with Crippen LogP contribution in [0.1, 0.15) is 23.0 Å². The first-order valence-electron chi connectivity index (χ1n) is 11.4. The molecule has 1 N–H and O–H groups in total. The molecule has 0 aliphatic heterocycles. The number of nitrogens with one attached hydrogen (secondary N) is 1. The Bertz CT molecular complexity index is 1390. The number of thiazole rings is 1. The highest BCUT2D eigenvalue weighted by Gasteiger charge is 2.18. The first-order valence-corrected chi connectivity index (χ1v) is 16.1. The highest BCUT2D eigenvalue weighted by molar-refractivity contribution is 7.90. The molecule has 1 aromatic heterocycles. The normalized spacial score (nSPS) is 13.1. The number of hydrogen-bond acceptors (Lipinski definition) is 11. The van der Waals surface area contributed by atoms with Crippen LogP contribution in [-0.4, -0.2) is 59.2 Å². The second kappa shape index (κ2) is 13.3. The highest BCUT2D eigenvalue weighted by atomic mass is 32.2. The van der Waals surface area contributed by atoms with Crippen LogP contribution in [0.25, 0.3) is 0 Å². The summed E-state index contributed by atoms with van der Waals surface area (Å²) in [6, 6.07) is 10.6. The third-order valence-corrected chi connectivity index (χ3v) is 8.03. The molecule has 0 bridgehead atoms. The summed E-state index contributed by atoms with van der Waals surface area (Å²) in [5.41, 5.74) is 0.732. The van der Waals surface area contributed by atoms with Crippen molar-refractivity contribution < 1.29 is 41.0 Å². The summed E-state index contributed by atoms with van der Waals surface area (Å²) >= 11 is 1.19. The van der Waals surface area contributed by atoms with Crippen molar-refractivity contribution in [1.29, 1.82) is 0 Å². The van der Waals surface area contributed by atoms with Crippen molar-refractivity contribution in [3.8, 4) is 17.2 Å². The van der Waals surface area contributed by atoms with Gasteiger partial charge in [0.15, 0.2) is 15.0 Å². The molecule has 0 spiro atoms. The number of sulfone groups is 1. The van der Waals surface area contributed by atoms with Gasteiger partial charge in [0.05, 0.1) is 30.4 Å². The maximum atomic E-state index is 13.0. The number of amides is 1. The molecule has 0 saturated carbocycles. The predicted octanol–water partition coefficient (Wildman–Crippen LogP) is 4.99. The summed E-state index contributed by atoms with van der Waals surface area (Å²) in [5, 5.41) is 4.72. The number of anilines is 1. The summed E-state index contributed by atoms with van der Waals surface area (Å²) in [6.07, 6.45) is 1.12. The van der Waals surface area contributed by atoms with Crippen LogP contribution in [0.5, 0.6) is 17.2 Å². The number of nitrogens with zero attached hydrogens (tertiary/aromatic N) is 1. The van der Waals surface area contributed by atoms with E-state index in [2.05, 4.69) is 10.3 Å². The zero-order chi connectivity index (χ0) is 27.8. The number of hydrogen-bond donors (Lipinski definition) is 1. The molecular formula is C24H29N2O9PS2. The minimum Gasteiger partial charge on any atom is -0.491 e. The van der Waals surface area contributed by atoms with Crippen LogP contribution in [0.4, 0.5) is 5.13 Å². The molecule has 3 rings (SSSR count). The first kappa shape index (κ1) is 29.8. The fraction of sp³-hybridized carbons (Fsp3) is 0.333. The molecule has 0 aliphatic carbocycles. The van der Waals surface area contributed by atoms with E-state index < -0.39 is 23.3 Å². The lowest BCUT2D eigenvalue weighted by Gasteiger charge is -2.12. The van der Waals surface area contributed by atoms with Crippen molar-refractivity contribution in [3.05, 3.63) is 59.1 Å². The number of rotatable bonds is 14. The first-order chi connectivity index (χ1) is 18.0. The Labute approximate surface area is 225 Å². The highest BCUT2D eigenvalue weighted by Crippen LogP contribution is 2.44. The Morgan fingerprint density at radius 3 is 2.42 bits per heavy atom. The standard InChI is InChI=1S/C24H29N2O9PS2/c1-5-33-36(3,28)34-15-18-16-37-24(25-18)26-23(27)17-12-20(32-11-10-31-2)14-21(13-17)35-19-6-8-22(9-7-19)38(4,29)30/h6-9,12-14,16H,5,10-11,15H2,1-4H3,(H,25,26,27). The van der Waals surface area contributed by atoms with E-state index in [4.69, 9.17) is 23.3 Å². The smallest absolute Gasteiger partial charge is 0.327 e. The van der Waals surface area contributed by atoms with E-state index in [1.54, 1.807) is 31.5 Å². The Kier molecular flexibility index (Phi) is 10.4. The van der Waals surface area contributed by atoms with E-state index in [1.807, 2.05) is 0 Å². The van der Waals surface area contributed by atoms with Gasteiger partial charge in [0.2, 0.25) is 0 Å². The van der Waals surface area contributed by atoms with Crippen LogP contribution in [0.15, 0.2) is 52.7 Å². The average Bonchev–Trinajstić information content (AvgIpc) is 3.30. The fourth-order valence-electron chi connectivity index (χ4n) is 3.03. The van der Waals surface area contributed by atoms with Crippen LogP contribution in [0, 0.1) is 0 Å². The number of methoxy groups -OCH3 is 1. The molecule has 3 aromatic rings. The van der Waals surface area contributed by atoms with Gasteiger partial charge in [-0.15, -0.1) is 11.3 Å². The molecule has 206 valence electrons. The van der Waals surface area contributed by atoms with Crippen LogP contribution in [-0.2, 0) is 34.8 Å². The molecular weight excluding hydrogens is 555 g/mol. The van der Waals surface area contributed by atoms with E-state index in [0.29, 0.717) is 34.7 Å². The van der Waals surface area contributed by atoms with Gasteiger partial charge in [-0.1, -0.05) is 0 Å². The van der Waals surface area contributed by atoms with Gasteiger partial charge in [-0.05, 0) is 43.3 Å². The van der Waals surface area contributed by atoms with E-state index in [1.165, 1.54) is 48.3 Å².